The smallest absolute Gasteiger partial charge is 0.127 e. The summed E-state index contributed by atoms with van der Waals surface area (Å²) >= 11 is 0. The summed E-state index contributed by atoms with van der Waals surface area (Å²) in [5.74, 6) is 0.863. The minimum absolute atomic E-state index is 0.334. The summed E-state index contributed by atoms with van der Waals surface area (Å²) in [4.78, 5) is 4.70. The van der Waals surface area contributed by atoms with Crippen LogP contribution in [0.15, 0.2) is 30.5 Å². The largest absolute Gasteiger partial charge is 0.377 e. The van der Waals surface area contributed by atoms with Gasteiger partial charge in [-0.25, -0.2) is 9.67 Å². The number of anilines is 1. The van der Waals surface area contributed by atoms with Gasteiger partial charge in [0.2, 0.25) is 0 Å². The maximum absolute atomic E-state index is 5.18. The van der Waals surface area contributed by atoms with E-state index >= 15 is 0 Å². The molecular formula is C17H19N5O. The van der Waals surface area contributed by atoms with Crippen molar-refractivity contribution in [2.75, 3.05) is 18.5 Å². The fraction of sp³-hybridized carbons (Fsp3) is 0.353. The van der Waals surface area contributed by atoms with Crippen molar-refractivity contribution >= 4 is 16.7 Å². The molecule has 1 N–H and O–H groups in total. The van der Waals surface area contributed by atoms with E-state index in [1.165, 1.54) is 16.5 Å². The van der Waals surface area contributed by atoms with Crippen LogP contribution in [-0.2, 0) is 11.3 Å². The lowest BCUT2D eigenvalue weighted by atomic mass is 10.1. The lowest BCUT2D eigenvalue weighted by Gasteiger charge is -2.25. The SMILES string of the molecule is Cc1ccc2c(C)cc(NCc3cn(C4COC4)nn3)nc2c1. The molecule has 1 aromatic carbocycles. The summed E-state index contributed by atoms with van der Waals surface area (Å²) in [5, 5.41) is 12.9. The molecule has 0 bridgehead atoms. The molecular weight excluding hydrogens is 290 g/mol. The molecule has 0 atom stereocenters. The van der Waals surface area contributed by atoms with Crippen LogP contribution in [0, 0.1) is 13.8 Å². The van der Waals surface area contributed by atoms with E-state index in [4.69, 9.17) is 9.72 Å². The topological polar surface area (TPSA) is 64.9 Å². The van der Waals surface area contributed by atoms with Crippen LogP contribution in [0.2, 0.25) is 0 Å². The van der Waals surface area contributed by atoms with Crippen LogP contribution in [-0.4, -0.2) is 33.2 Å². The number of nitrogens with one attached hydrogen (secondary N) is 1. The van der Waals surface area contributed by atoms with E-state index < -0.39 is 0 Å². The van der Waals surface area contributed by atoms with Crippen molar-refractivity contribution in [3.63, 3.8) is 0 Å². The molecule has 1 aliphatic heterocycles. The van der Waals surface area contributed by atoms with Gasteiger partial charge in [-0.05, 0) is 37.1 Å². The van der Waals surface area contributed by atoms with Crippen molar-refractivity contribution in [1.29, 1.82) is 0 Å². The first-order valence-electron chi connectivity index (χ1n) is 7.79. The number of ether oxygens (including phenoxy) is 1. The zero-order valence-electron chi connectivity index (χ0n) is 13.3. The quantitative estimate of drug-likeness (QED) is 0.802. The monoisotopic (exact) mass is 309 g/mol. The third kappa shape index (κ3) is 2.77. The number of hydrogen-bond donors (Lipinski definition) is 1. The number of aromatic nitrogens is 4. The standard InChI is InChI=1S/C17H19N5O/c1-11-3-4-15-12(2)6-17(19-16(15)5-11)18-7-13-8-22(21-20-13)14-9-23-10-14/h3-6,8,14H,7,9-10H2,1-2H3,(H,18,19). The molecule has 2 aromatic heterocycles. The summed E-state index contributed by atoms with van der Waals surface area (Å²) in [7, 11) is 0. The fourth-order valence-electron chi connectivity index (χ4n) is 2.73. The van der Waals surface area contributed by atoms with Gasteiger partial charge in [0.15, 0.2) is 0 Å². The lowest BCUT2D eigenvalue weighted by Crippen LogP contribution is -2.30. The zero-order valence-corrected chi connectivity index (χ0v) is 13.3. The van der Waals surface area contributed by atoms with Gasteiger partial charge < -0.3 is 10.1 Å². The summed E-state index contributed by atoms with van der Waals surface area (Å²) in [6.07, 6.45) is 1.97. The molecule has 0 amide bonds. The van der Waals surface area contributed by atoms with E-state index in [-0.39, 0.29) is 0 Å². The third-order valence-electron chi connectivity index (χ3n) is 4.18. The molecule has 4 rings (SSSR count). The first-order valence-corrected chi connectivity index (χ1v) is 7.79. The molecule has 0 unspecified atom stereocenters. The summed E-state index contributed by atoms with van der Waals surface area (Å²) < 4.78 is 7.06. The van der Waals surface area contributed by atoms with Gasteiger partial charge in [0, 0.05) is 5.39 Å². The molecule has 1 aliphatic rings. The predicted octanol–water partition coefficient (Wildman–Crippen LogP) is 2.63. The average molecular weight is 309 g/mol. The first kappa shape index (κ1) is 14.1. The van der Waals surface area contributed by atoms with Crippen molar-refractivity contribution in [2.24, 2.45) is 0 Å². The van der Waals surface area contributed by atoms with Crippen LogP contribution in [0.3, 0.4) is 0 Å². The lowest BCUT2D eigenvalue weighted by molar-refractivity contribution is -0.0293. The van der Waals surface area contributed by atoms with Crippen LogP contribution in [0.1, 0.15) is 22.9 Å². The minimum atomic E-state index is 0.334. The van der Waals surface area contributed by atoms with Crippen molar-refractivity contribution in [2.45, 2.75) is 26.4 Å². The average Bonchev–Trinajstić information content (AvgIpc) is 2.91. The molecule has 6 nitrogen and oxygen atoms in total. The Balaban J connectivity index is 1.52. The van der Waals surface area contributed by atoms with Gasteiger partial charge in [-0.1, -0.05) is 17.3 Å². The second kappa shape index (κ2) is 5.62. The molecule has 6 heteroatoms. The first-order chi connectivity index (χ1) is 11.2. The maximum atomic E-state index is 5.18. The fourth-order valence-corrected chi connectivity index (χ4v) is 2.73. The molecule has 0 aliphatic carbocycles. The van der Waals surface area contributed by atoms with E-state index in [0.717, 1.165) is 30.2 Å². The van der Waals surface area contributed by atoms with Gasteiger partial charge in [0.25, 0.3) is 0 Å². The van der Waals surface area contributed by atoms with E-state index in [1.807, 2.05) is 10.9 Å². The number of pyridine rings is 1. The Morgan fingerprint density at radius 1 is 1.26 bits per heavy atom. The van der Waals surface area contributed by atoms with Gasteiger partial charge in [-0.2, -0.15) is 0 Å². The molecule has 3 heterocycles. The van der Waals surface area contributed by atoms with Crippen LogP contribution in [0.4, 0.5) is 5.82 Å². The Labute approximate surface area is 134 Å². The number of benzene rings is 1. The minimum Gasteiger partial charge on any atom is -0.377 e. The van der Waals surface area contributed by atoms with Gasteiger partial charge in [-0.15, -0.1) is 5.10 Å². The Hall–Kier alpha value is -2.47. The molecule has 118 valence electrons. The normalized spacial score (nSPS) is 14.9. The molecule has 0 saturated carbocycles. The Kier molecular flexibility index (Phi) is 3.46. The number of fused-ring (bicyclic) bond motifs is 1. The van der Waals surface area contributed by atoms with E-state index in [9.17, 15) is 0 Å². The highest BCUT2D eigenvalue weighted by Gasteiger charge is 2.21. The van der Waals surface area contributed by atoms with Crippen LogP contribution >= 0.6 is 0 Å². The summed E-state index contributed by atoms with van der Waals surface area (Å²) in [6.45, 7) is 6.25. The van der Waals surface area contributed by atoms with Crippen LogP contribution in [0.5, 0.6) is 0 Å². The van der Waals surface area contributed by atoms with Gasteiger partial charge in [0.1, 0.15) is 17.6 Å². The Morgan fingerprint density at radius 3 is 2.91 bits per heavy atom. The van der Waals surface area contributed by atoms with Crippen molar-refractivity contribution in [1.82, 2.24) is 20.0 Å². The maximum Gasteiger partial charge on any atom is 0.127 e. The number of rotatable bonds is 4. The molecule has 3 aromatic rings. The molecule has 23 heavy (non-hydrogen) atoms. The molecule has 1 fully saturated rings. The van der Waals surface area contributed by atoms with E-state index in [2.05, 4.69) is 53.7 Å². The van der Waals surface area contributed by atoms with E-state index in [1.54, 1.807) is 0 Å². The van der Waals surface area contributed by atoms with Crippen molar-refractivity contribution in [3.8, 4) is 0 Å². The van der Waals surface area contributed by atoms with Gasteiger partial charge in [0.05, 0.1) is 31.5 Å². The molecule has 1 saturated heterocycles. The molecule has 0 radical (unpaired) electrons. The van der Waals surface area contributed by atoms with Crippen LogP contribution in [0.25, 0.3) is 10.9 Å². The summed E-state index contributed by atoms with van der Waals surface area (Å²) in [6, 6.07) is 8.76. The number of nitrogens with zero attached hydrogens (tertiary/aromatic N) is 4. The number of hydrogen-bond acceptors (Lipinski definition) is 5. The Morgan fingerprint density at radius 2 is 2.13 bits per heavy atom. The van der Waals surface area contributed by atoms with Crippen molar-refractivity contribution in [3.05, 3.63) is 47.3 Å². The third-order valence-corrected chi connectivity index (χ3v) is 4.18. The molecule has 0 spiro atoms. The highest BCUT2D eigenvalue weighted by Crippen LogP contribution is 2.21. The van der Waals surface area contributed by atoms with Crippen molar-refractivity contribution < 1.29 is 4.74 Å². The second-order valence-corrected chi connectivity index (χ2v) is 6.08. The predicted molar refractivity (Wildman–Crippen MR) is 88.4 cm³/mol. The summed E-state index contributed by atoms with van der Waals surface area (Å²) in [5.41, 5.74) is 4.35. The number of aryl methyl sites for hydroxylation is 2. The zero-order chi connectivity index (χ0) is 15.8. The highest BCUT2D eigenvalue weighted by atomic mass is 16.5. The second-order valence-electron chi connectivity index (χ2n) is 6.08. The van der Waals surface area contributed by atoms with Gasteiger partial charge >= 0.3 is 0 Å². The van der Waals surface area contributed by atoms with Crippen LogP contribution < -0.4 is 5.32 Å². The van der Waals surface area contributed by atoms with E-state index in [0.29, 0.717) is 12.6 Å². The highest BCUT2D eigenvalue weighted by molar-refractivity contribution is 5.84. The van der Waals surface area contributed by atoms with Gasteiger partial charge in [-0.3, -0.25) is 0 Å². The Bertz CT molecular complexity index is 853.